The molecule has 7 amide bonds. The summed E-state index contributed by atoms with van der Waals surface area (Å²) in [5, 5.41) is 22.6. The van der Waals surface area contributed by atoms with Gasteiger partial charge in [-0.25, -0.2) is 0 Å². The van der Waals surface area contributed by atoms with Crippen LogP contribution in [0.15, 0.2) is 34.5 Å². The molecule has 60 heavy (non-hydrogen) atoms. The predicted octanol–water partition coefficient (Wildman–Crippen LogP) is -4.18. The standard InChI is InChI=1S/C37H59N11O12/c1-3-40-32(52)23-44-30(50)8-14-57-18-20-59-16-11-42-34(54)25-48(36(56)22-28-4-6-29(7-5-28)37(39)47-46-27(2)38)26-35(55)43-12-17-60-21-19-58-15-9-31(51)45-24-33(53)41-10-13-49/h4-7,13H,3,8-12,14-26H2,1-2H3,(H2,38,46)(H2,39,47)(H,40,52)(H,41,53)(H,42,54)(H,43,55)(H,44,50)(H,45,51). The highest BCUT2D eigenvalue weighted by Gasteiger charge is 2.21. The molecule has 0 bridgehead atoms. The van der Waals surface area contributed by atoms with E-state index in [1.807, 2.05) is 0 Å². The van der Waals surface area contributed by atoms with E-state index in [1.54, 1.807) is 38.1 Å². The Hall–Kier alpha value is -6.04. The Kier molecular flexibility index (Phi) is 28.5. The minimum absolute atomic E-state index is 0.0147. The van der Waals surface area contributed by atoms with Crippen LogP contribution >= 0.6 is 0 Å². The molecule has 10 N–H and O–H groups in total. The van der Waals surface area contributed by atoms with Crippen molar-refractivity contribution in [1.82, 2.24) is 36.8 Å². The second-order valence-electron chi connectivity index (χ2n) is 12.5. The van der Waals surface area contributed by atoms with Gasteiger partial charge in [-0.05, 0) is 19.4 Å². The third kappa shape index (κ3) is 27.6. The van der Waals surface area contributed by atoms with Crippen LogP contribution in [0.5, 0.6) is 0 Å². The first-order chi connectivity index (χ1) is 28.8. The van der Waals surface area contributed by atoms with Crippen molar-refractivity contribution in [2.24, 2.45) is 21.7 Å². The number of ether oxygens (including phenoxy) is 4. The number of nitrogens with two attached hydrogens (primary N) is 2. The maximum Gasteiger partial charge on any atom is 0.239 e. The van der Waals surface area contributed by atoms with Gasteiger partial charge >= 0.3 is 0 Å². The van der Waals surface area contributed by atoms with Gasteiger partial charge in [0.05, 0.1) is 78.9 Å². The molecule has 0 aliphatic carbocycles. The molecule has 23 nitrogen and oxygen atoms in total. The summed E-state index contributed by atoms with van der Waals surface area (Å²) < 4.78 is 21.6. The van der Waals surface area contributed by atoms with Crippen molar-refractivity contribution in [3.8, 4) is 0 Å². The lowest BCUT2D eigenvalue weighted by molar-refractivity contribution is -0.139. The highest BCUT2D eigenvalue weighted by Crippen LogP contribution is 2.08. The second kappa shape index (κ2) is 32.9. The Morgan fingerprint density at radius 3 is 1.57 bits per heavy atom. The van der Waals surface area contributed by atoms with E-state index in [4.69, 9.17) is 30.4 Å². The largest absolute Gasteiger partial charge is 0.386 e. The second-order valence-corrected chi connectivity index (χ2v) is 12.5. The molecule has 0 fully saturated rings. The van der Waals surface area contributed by atoms with Gasteiger partial charge in [0.2, 0.25) is 41.4 Å². The van der Waals surface area contributed by atoms with Crippen LogP contribution in [-0.2, 0) is 63.7 Å². The number of hydrogen-bond acceptors (Lipinski definition) is 14. The van der Waals surface area contributed by atoms with E-state index in [0.717, 1.165) is 4.90 Å². The van der Waals surface area contributed by atoms with Gasteiger partial charge in [0.1, 0.15) is 25.2 Å². The van der Waals surface area contributed by atoms with Crippen LogP contribution in [0.3, 0.4) is 0 Å². The molecule has 0 unspecified atom stereocenters. The van der Waals surface area contributed by atoms with E-state index in [9.17, 15) is 38.4 Å². The number of hydrogen-bond donors (Lipinski definition) is 8. The Morgan fingerprint density at radius 2 is 1.10 bits per heavy atom. The van der Waals surface area contributed by atoms with Crippen LogP contribution < -0.4 is 43.4 Å². The zero-order valence-electron chi connectivity index (χ0n) is 34.2. The number of benzene rings is 1. The SMILES string of the molecule is CCNC(=O)CNC(=O)CCOCCOCCNC(=O)CN(CC(=O)NCCOCCOCCC(=O)NCC(=O)NCC=O)C(=O)Cc1ccc(/C(N)=N/N=C(/C)N)cc1. The molecule has 0 spiro atoms. The molecule has 1 rings (SSSR count). The van der Waals surface area contributed by atoms with Crippen molar-refractivity contribution in [3.63, 3.8) is 0 Å². The van der Waals surface area contributed by atoms with E-state index >= 15 is 0 Å². The van der Waals surface area contributed by atoms with Crippen LogP contribution in [0.1, 0.15) is 37.8 Å². The average Bonchev–Trinajstić information content (AvgIpc) is 3.22. The normalized spacial score (nSPS) is 11.2. The molecule has 23 heteroatoms. The summed E-state index contributed by atoms with van der Waals surface area (Å²) in [5.41, 5.74) is 12.6. The molecular formula is C37H59N11O12. The van der Waals surface area contributed by atoms with Gasteiger partial charge in [-0.15, -0.1) is 10.2 Å². The van der Waals surface area contributed by atoms with Gasteiger partial charge < -0.3 is 72.0 Å². The maximum atomic E-state index is 13.4. The number of rotatable bonds is 33. The zero-order chi connectivity index (χ0) is 44.4. The van der Waals surface area contributed by atoms with Crippen molar-refractivity contribution in [1.29, 1.82) is 0 Å². The molecule has 0 aliphatic heterocycles. The lowest BCUT2D eigenvalue weighted by Crippen LogP contribution is -2.47. The molecule has 0 saturated heterocycles. The fourth-order valence-corrected chi connectivity index (χ4v) is 4.47. The summed E-state index contributed by atoms with van der Waals surface area (Å²) in [4.78, 5) is 96.7. The topological polar surface area (TPSA) is 326 Å². The van der Waals surface area contributed by atoms with E-state index < -0.39 is 42.6 Å². The van der Waals surface area contributed by atoms with Gasteiger partial charge in [-0.3, -0.25) is 33.6 Å². The number of carbonyl (C=O) groups is 8. The average molecular weight is 850 g/mol. The van der Waals surface area contributed by atoms with Crippen LogP contribution in [0.2, 0.25) is 0 Å². The number of amidine groups is 2. The fourth-order valence-electron chi connectivity index (χ4n) is 4.47. The molecule has 1 aromatic carbocycles. The van der Waals surface area contributed by atoms with Gasteiger partial charge in [-0.2, -0.15) is 0 Å². The zero-order valence-corrected chi connectivity index (χ0v) is 34.2. The fraction of sp³-hybridized carbons (Fsp3) is 0.568. The smallest absolute Gasteiger partial charge is 0.239 e. The first-order valence-electron chi connectivity index (χ1n) is 19.2. The summed E-state index contributed by atoms with van der Waals surface area (Å²) in [7, 11) is 0. The first kappa shape index (κ1) is 52.0. The van der Waals surface area contributed by atoms with Gasteiger partial charge in [0, 0.05) is 38.0 Å². The predicted molar refractivity (Wildman–Crippen MR) is 217 cm³/mol. The minimum atomic E-state index is -0.528. The molecular weight excluding hydrogens is 790 g/mol. The molecule has 0 aromatic heterocycles. The van der Waals surface area contributed by atoms with Crippen LogP contribution in [-0.4, -0.2) is 169 Å². The third-order valence-corrected chi connectivity index (χ3v) is 7.42. The maximum absolute atomic E-state index is 13.4. The van der Waals surface area contributed by atoms with Crippen LogP contribution in [0.4, 0.5) is 0 Å². The van der Waals surface area contributed by atoms with Gasteiger partial charge in [0.25, 0.3) is 0 Å². The third-order valence-electron chi connectivity index (χ3n) is 7.42. The summed E-state index contributed by atoms with van der Waals surface area (Å²) in [6, 6.07) is 6.62. The lowest BCUT2D eigenvalue weighted by Gasteiger charge is -2.22. The first-order valence-corrected chi connectivity index (χ1v) is 19.2. The molecule has 0 atom stereocenters. The molecule has 0 aliphatic rings. The van der Waals surface area contributed by atoms with E-state index in [2.05, 4.69) is 42.1 Å². The summed E-state index contributed by atoms with van der Waals surface area (Å²) in [6.07, 6.45) is 0.495. The van der Waals surface area contributed by atoms with Crippen molar-refractivity contribution in [3.05, 3.63) is 35.4 Å². The van der Waals surface area contributed by atoms with Gasteiger partial charge in [-0.1, -0.05) is 24.3 Å². The lowest BCUT2D eigenvalue weighted by atomic mass is 10.1. The van der Waals surface area contributed by atoms with Crippen molar-refractivity contribution in [2.75, 3.05) is 105 Å². The van der Waals surface area contributed by atoms with E-state index in [0.29, 0.717) is 24.0 Å². The highest BCUT2D eigenvalue weighted by atomic mass is 16.5. The van der Waals surface area contributed by atoms with Crippen LogP contribution in [0.25, 0.3) is 0 Å². The molecule has 0 saturated carbocycles. The number of carbonyl (C=O) groups excluding carboxylic acids is 8. The monoisotopic (exact) mass is 849 g/mol. The molecule has 1 aromatic rings. The van der Waals surface area contributed by atoms with Crippen molar-refractivity contribution in [2.45, 2.75) is 33.1 Å². The quantitative estimate of drug-likeness (QED) is 0.0109. The number of aldehydes is 1. The number of amides is 7. The Balaban J connectivity index is 2.52. The number of likely N-dealkylation sites (N-methyl/N-ethyl adjacent to an activating group) is 1. The minimum Gasteiger partial charge on any atom is -0.386 e. The van der Waals surface area contributed by atoms with E-state index in [-0.39, 0.29) is 128 Å². The summed E-state index contributed by atoms with van der Waals surface area (Å²) in [5.74, 6) is -2.68. The molecule has 0 radical (unpaired) electrons. The number of nitrogens with zero attached hydrogens (tertiary/aromatic N) is 3. The molecule has 0 heterocycles. The van der Waals surface area contributed by atoms with Crippen LogP contribution in [0, 0.1) is 0 Å². The van der Waals surface area contributed by atoms with E-state index in [1.165, 1.54) is 0 Å². The Labute approximate surface area is 348 Å². The van der Waals surface area contributed by atoms with Gasteiger partial charge in [0.15, 0.2) is 5.84 Å². The number of nitrogens with one attached hydrogen (secondary N) is 6. The highest BCUT2D eigenvalue weighted by molar-refractivity contribution is 5.98. The Morgan fingerprint density at radius 1 is 0.617 bits per heavy atom. The van der Waals surface area contributed by atoms with Crippen molar-refractivity contribution >= 4 is 59.3 Å². The summed E-state index contributed by atoms with van der Waals surface area (Å²) in [6.45, 7) is 3.92. The summed E-state index contributed by atoms with van der Waals surface area (Å²) >= 11 is 0. The van der Waals surface area contributed by atoms with Crippen molar-refractivity contribution < 1.29 is 57.3 Å². The Bertz CT molecular complexity index is 1570. The molecule has 334 valence electrons.